The van der Waals surface area contributed by atoms with E-state index in [0.717, 1.165) is 43.3 Å². The van der Waals surface area contributed by atoms with Gasteiger partial charge in [0.05, 0.1) is 0 Å². The second-order valence-electron chi connectivity index (χ2n) is 5.78. The first-order valence-electron chi connectivity index (χ1n) is 7.34. The molecule has 0 bridgehead atoms. The van der Waals surface area contributed by atoms with Gasteiger partial charge in [0.25, 0.3) is 0 Å². The number of anilines is 1. The van der Waals surface area contributed by atoms with Crippen molar-refractivity contribution in [2.75, 3.05) is 31.1 Å². The van der Waals surface area contributed by atoms with Gasteiger partial charge in [0.1, 0.15) is 0 Å². The summed E-state index contributed by atoms with van der Waals surface area (Å²) in [7, 11) is 0. The minimum atomic E-state index is 0.296. The second-order valence-corrected chi connectivity index (χ2v) is 6.22. The predicted molar refractivity (Wildman–Crippen MR) is 84.3 cm³/mol. The van der Waals surface area contributed by atoms with Crippen molar-refractivity contribution in [3.05, 3.63) is 29.3 Å². The number of carbonyl (C=O) groups excluding carboxylic acids is 1. The van der Waals surface area contributed by atoms with E-state index in [0.29, 0.717) is 18.2 Å². The zero-order valence-corrected chi connectivity index (χ0v) is 13.1. The van der Waals surface area contributed by atoms with E-state index < -0.39 is 0 Å². The lowest BCUT2D eigenvalue weighted by Crippen LogP contribution is -2.48. The summed E-state index contributed by atoms with van der Waals surface area (Å²) in [5.41, 5.74) is 1.15. The van der Waals surface area contributed by atoms with Crippen LogP contribution in [0.1, 0.15) is 26.7 Å². The topological polar surface area (TPSA) is 23.6 Å². The molecule has 1 aromatic rings. The Bertz CT molecular complexity index is 454. The Morgan fingerprint density at radius 1 is 1.25 bits per heavy atom. The SMILES string of the molecule is CC(C)CCC(=O)N1CCN(c2cccc(Cl)c2)CC1. The number of benzene rings is 1. The van der Waals surface area contributed by atoms with Gasteiger partial charge in [-0.05, 0) is 30.5 Å². The van der Waals surface area contributed by atoms with E-state index in [1.807, 2.05) is 23.1 Å². The molecule has 20 heavy (non-hydrogen) atoms. The molecule has 1 fully saturated rings. The van der Waals surface area contributed by atoms with Crippen LogP contribution < -0.4 is 4.90 Å². The third-order valence-electron chi connectivity index (χ3n) is 3.74. The molecule has 0 unspecified atom stereocenters. The second kappa shape index (κ2) is 6.98. The van der Waals surface area contributed by atoms with Crippen LogP contribution in [0.25, 0.3) is 0 Å². The summed E-state index contributed by atoms with van der Waals surface area (Å²) in [5, 5.41) is 0.762. The van der Waals surface area contributed by atoms with Crippen molar-refractivity contribution in [1.29, 1.82) is 0 Å². The molecule has 0 saturated carbocycles. The molecule has 4 heteroatoms. The molecule has 1 aromatic carbocycles. The highest BCUT2D eigenvalue weighted by molar-refractivity contribution is 6.30. The molecule has 0 aromatic heterocycles. The predicted octanol–water partition coefficient (Wildman–Crippen LogP) is 3.42. The van der Waals surface area contributed by atoms with Crippen LogP contribution in [0.15, 0.2) is 24.3 Å². The molecule has 0 atom stereocenters. The molecule has 2 rings (SSSR count). The van der Waals surface area contributed by atoms with Crippen LogP contribution in [-0.4, -0.2) is 37.0 Å². The average Bonchev–Trinajstić information content (AvgIpc) is 2.45. The quantitative estimate of drug-likeness (QED) is 0.849. The fourth-order valence-electron chi connectivity index (χ4n) is 2.46. The smallest absolute Gasteiger partial charge is 0.222 e. The Hall–Kier alpha value is -1.22. The van der Waals surface area contributed by atoms with E-state index >= 15 is 0 Å². The van der Waals surface area contributed by atoms with Crippen LogP contribution in [0.2, 0.25) is 5.02 Å². The van der Waals surface area contributed by atoms with Gasteiger partial charge in [-0.3, -0.25) is 4.79 Å². The molecule has 0 spiro atoms. The van der Waals surface area contributed by atoms with Crippen molar-refractivity contribution < 1.29 is 4.79 Å². The molecule has 0 aliphatic carbocycles. The summed E-state index contributed by atoms with van der Waals surface area (Å²) < 4.78 is 0. The summed E-state index contributed by atoms with van der Waals surface area (Å²) in [6, 6.07) is 7.91. The van der Waals surface area contributed by atoms with Gasteiger partial charge in [0, 0.05) is 43.3 Å². The standard InChI is InChI=1S/C16H23ClN2O/c1-13(2)6-7-16(20)19-10-8-18(9-11-19)15-5-3-4-14(17)12-15/h3-5,12-13H,6-11H2,1-2H3. The molecule has 1 amide bonds. The van der Waals surface area contributed by atoms with Gasteiger partial charge in [0.2, 0.25) is 5.91 Å². The molecule has 1 aliphatic rings. The highest BCUT2D eigenvalue weighted by atomic mass is 35.5. The first-order chi connectivity index (χ1) is 9.56. The van der Waals surface area contributed by atoms with Gasteiger partial charge in [-0.2, -0.15) is 0 Å². The number of halogens is 1. The monoisotopic (exact) mass is 294 g/mol. The van der Waals surface area contributed by atoms with Crippen LogP contribution in [0.3, 0.4) is 0 Å². The van der Waals surface area contributed by atoms with Crippen LogP contribution >= 0.6 is 11.6 Å². The van der Waals surface area contributed by atoms with Crippen molar-refractivity contribution in [3.8, 4) is 0 Å². The maximum Gasteiger partial charge on any atom is 0.222 e. The Kier molecular flexibility index (Phi) is 5.30. The fraction of sp³-hybridized carbons (Fsp3) is 0.562. The van der Waals surface area contributed by atoms with Crippen LogP contribution in [0, 0.1) is 5.92 Å². The van der Waals surface area contributed by atoms with Crippen LogP contribution in [0.5, 0.6) is 0 Å². The number of rotatable bonds is 4. The van der Waals surface area contributed by atoms with Gasteiger partial charge in [-0.15, -0.1) is 0 Å². The third-order valence-corrected chi connectivity index (χ3v) is 3.98. The van der Waals surface area contributed by atoms with Crippen LogP contribution in [0.4, 0.5) is 5.69 Å². The van der Waals surface area contributed by atoms with Crippen molar-refractivity contribution >= 4 is 23.2 Å². The number of nitrogens with zero attached hydrogens (tertiary/aromatic N) is 2. The number of hydrogen-bond donors (Lipinski definition) is 0. The molecule has 1 aliphatic heterocycles. The van der Waals surface area contributed by atoms with E-state index in [-0.39, 0.29) is 0 Å². The van der Waals surface area contributed by atoms with E-state index in [4.69, 9.17) is 11.6 Å². The number of amides is 1. The zero-order chi connectivity index (χ0) is 14.5. The minimum Gasteiger partial charge on any atom is -0.368 e. The molecular formula is C16H23ClN2O. The molecule has 1 heterocycles. The molecule has 3 nitrogen and oxygen atoms in total. The number of carbonyl (C=O) groups is 1. The van der Waals surface area contributed by atoms with Gasteiger partial charge >= 0.3 is 0 Å². The van der Waals surface area contributed by atoms with Gasteiger partial charge in [0.15, 0.2) is 0 Å². The number of hydrogen-bond acceptors (Lipinski definition) is 2. The largest absolute Gasteiger partial charge is 0.368 e. The lowest BCUT2D eigenvalue weighted by molar-refractivity contribution is -0.131. The Labute approximate surface area is 126 Å². The van der Waals surface area contributed by atoms with Crippen molar-refractivity contribution in [3.63, 3.8) is 0 Å². The maximum atomic E-state index is 12.1. The lowest BCUT2D eigenvalue weighted by atomic mass is 10.1. The van der Waals surface area contributed by atoms with Crippen molar-refractivity contribution in [2.24, 2.45) is 5.92 Å². The minimum absolute atomic E-state index is 0.296. The van der Waals surface area contributed by atoms with Crippen LogP contribution in [-0.2, 0) is 4.79 Å². The Morgan fingerprint density at radius 3 is 2.55 bits per heavy atom. The molecular weight excluding hydrogens is 272 g/mol. The Balaban J connectivity index is 1.84. The lowest BCUT2D eigenvalue weighted by Gasteiger charge is -2.36. The first-order valence-corrected chi connectivity index (χ1v) is 7.72. The van der Waals surface area contributed by atoms with E-state index in [2.05, 4.69) is 24.8 Å². The molecule has 1 saturated heterocycles. The summed E-state index contributed by atoms with van der Waals surface area (Å²) in [5.74, 6) is 0.885. The highest BCUT2D eigenvalue weighted by Crippen LogP contribution is 2.21. The van der Waals surface area contributed by atoms with Crippen molar-refractivity contribution in [2.45, 2.75) is 26.7 Å². The number of piperazine rings is 1. The first kappa shape index (κ1) is 15.2. The summed E-state index contributed by atoms with van der Waals surface area (Å²) >= 11 is 6.02. The summed E-state index contributed by atoms with van der Waals surface area (Å²) in [6.07, 6.45) is 1.65. The van der Waals surface area contributed by atoms with Crippen molar-refractivity contribution in [1.82, 2.24) is 4.90 Å². The highest BCUT2D eigenvalue weighted by Gasteiger charge is 2.21. The van der Waals surface area contributed by atoms with E-state index in [9.17, 15) is 4.79 Å². The molecule has 110 valence electrons. The zero-order valence-electron chi connectivity index (χ0n) is 12.3. The normalized spacial score (nSPS) is 15.8. The summed E-state index contributed by atoms with van der Waals surface area (Å²) in [6.45, 7) is 7.70. The average molecular weight is 295 g/mol. The third kappa shape index (κ3) is 4.14. The van der Waals surface area contributed by atoms with E-state index in [1.54, 1.807) is 0 Å². The molecule has 0 radical (unpaired) electrons. The maximum absolute atomic E-state index is 12.1. The van der Waals surface area contributed by atoms with Gasteiger partial charge in [-0.25, -0.2) is 0 Å². The fourth-order valence-corrected chi connectivity index (χ4v) is 2.64. The Morgan fingerprint density at radius 2 is 1.95 bits per heavy atom. The van der Waals surface area contributed by atoms with Gasteiger partial charge < -0.3 is 9.80 Å². The van der Waals surface area contributed by atoms with Gasteiger partial charge in [-0.1, -0.05) is 31.5 Å². The van der Waals surface area contributed by atoms with E-state index in [1.165, 1.54) is 0 Å². The molecule has 0 N–H and O–H groups in total. The summed E-state index contributed by atoms with van der Waals surface area (Å²) in [4.78, 5) is 16.4.